The van der Waals surface area contributed by atoms with Gasteiger partial charge in [-0.3, -0.25) is 0 Å². The van der Waals surface area contributed by atoms with Gasteiger partial charge >= 0.3 is 0 Å². The van der Waals surface area contributed by atoms with Crippen LogP contribution in [0.1, 0.15) is 45.4 Å². The first kappa shape index (κ1) is 9.20. The zero-order valence-electron chi connectivity index (χ0n) is 8.29. The van der Waals surface area contributed by atoms with Gasteiger partial charge in [-0.1, -0.05) is 19.8 Å². The summed E-state index contributed by atoms with van der Waals surface area (Å²) in [6.07, 6.45) is 8.30. The van der Waals surface area contributed by atoms with Crippen LogP contribution >= 0.6 is 0 Å². The van der Waals surface area contributed by atoms with Crippen LogP contribution in [0, 0.1) is 5.92 Å². The predicted octanol–water partition coefficient (Wildman–Crippen LogP) is 2.31. The highest BCUT2D eigenvalue weighted by molar-refractivity contribution is 5.62. The lowest BCUT2D eigenvalue weighted by atomic mass is 9.78. The van der Waals surface area contributed by atoms with Gasteiger partial charge in [-0.05, 0) is 31.6 Å². The molecule has 1 atom stereocenters. The van der Waals surface area contributed by atoms with Crippen LogP contribution in [0.3, 0.4) is 0 Å². The average Bonchev–Trinajstić information content (AvgIpc) is 2.84. The summed E-state index contributed by atoms with van der Waals surface area (Å²) in [5, 5.41) is 0. The second kappa shape index (κ2) is 3.41. The third kappa shape index (κ3) is 1.64. The zero-order valence-corrected chi connectivity index (χ0v) is 8.29. The molecule has 1 aliphatic carbocycles. The summed E-state index contributed by atoms with van der Waals surface area (Å²) >= 11 is 0. The van der Waals surface area contributed by atoms with Crippen molar-refractivity contribution in [1.29, 1.82) is 0 Å². The van der Waals surface area contributed by atoms with Crippen molar-refractivity contribution in [3.63, 3.8) is 0 Å². The number of carbonyl (C=O) groups is 1. The Kier molecular flexibility index (Phi) is 2.41. The molecule has 0 aromatic heterocycles. The number of rotatable bonds is 3. The van der Waals surface area contributed by atoms with Crippen LogP contribution in [0.2, 0.25) is 0 Å². The van der Waals surface area contributed by atoms with Gasteiger partial charge in [0.25, 0.3) is 0 Å². The molecular weight excluding hydrogens is 164 g/mol. The van der Waals surface area contributed by atoms with Gasteiger partial charge in [0.1, 0.15) is 11.7 Å². The fourth-order valence-corrected chi connectivity index (χ4v) is 2.64. The Balaban J connectivity index is 1.80. The SMILES string of the molecule is CCCC1CCC2(CC1)O[C@H]2C=O. The largest absolute Gasteiger partial charge is 0.358 e. The van der Waals surface area contributed by atoms with Gasteiger partial charge in [0.05, 0.1) is 0 Å². The minimum Gasteiger partial charge on any atom is -0.358 e. The summed E-state index contributed by atoms with van der Waals surface area (Å²) in [7, 11) is 0. The van der Waals surface area contributed by atoms with Crippen molar-refractivity contribution < 1.29 is 9.53 Å². The summed E-state index contributed by atoms with van der Waals surface area (Å²) in [6, 6.07) is 0. The summed E-state index contributed by atoms with van der Waals surface area (Å²) in [5.74, 6) is 0.895. The first-order valence-electron chi connectivity index (χ1n) is 5.44. The lowest BCUT2D eigenvalue weighted by Crippen LogP contribution is -2.24. The van der Waals surface area contributed by atoms with Gasteiger partial charge < -0.3 is 9.53 Å². The zero-order chi connectivity index (χ0) is 9.31. The van der Waals surface area contributed by atoms with Crippen molar-refractivity contribution >= 4 is 6.29 Å². The average molecular weight is 182 g/mol. The molecular formula is C11H18O2. The van der Waals surface area contributed by atoms with Crippen LogP contribution < -0.4 is 0 Å². The summed E-state index contributed by atoms with van der Waals surface area (Å²) in [6.45, 7) is 2.24. The minimum atomic E-state index is -0.0601. The van der Waals surface area contributed by atoms with E-state index in [4.69, 9.17) is 4.74 Å². The molecule has 1 aliphatic heterocycles. The molecule has 1 heterocycles. The Bertz CT molecular complexity index is 192. The Labute approximate surface area is 79.7 Å². The number of aldehydes is 1. The highest BCUT2D eigenvalue weighted by Crippen LogP contribution is 2.49. The van der Waals surface area contributed by atoms with E-state index < -0.39 is 0 Å². The van der Waals surface area contributed by atoms with E-state index in [1.807, 2.05) is 0 Å². The number of hydrogen-bond donors (Lipinski definition) is 0. The van der Waals surface area contributed by atoms with Crippen LogP contribution in [-0.2, 0) is 9.53 Å². The van der Waals surface area contributed by atoms with Crippen LogP contribution in [-0.4, -0.2) is 18.0 Å². The molecule has 0 aromatic carbocycles. The van der Waals surface area contributed by atoms with E-state index in [0.717, 1.165) is 25.0 Å². The highest BCUT2D eigenvalue weighted by atomic mass is 16.6. The third-order valence-electron chi connectivity index (χ3n) is 3.60. The first-order chi connectivity index (χ1) is 6.30. The van der Waals surface area contributed by atoms with E-state index in [1.165, 1.54) is 25.7 Å². The molecule has 2 fully saturated rings. The van der Waals surface area contributed by atoms with E-state index in [9.17, 15) is 4.79 Å². The van der Waals surface area contributed by atoms with Crippen LogP contribution in [0.15, 0.2) is 0 Å². The number of ether oxygens (including phenoxy) is 1. The molecule has 2 heteroatoms. The molecule has 2 nitrogen and oxygen atoms in total. The number of hydrogen-bond acceptors (Lipinski definition) is 2. The minimum absolute atomic E-state index is 0.00594. The molecule has 13 heavy (non-hydrogen) atoms. The maximum atomic E-state index is 10.5. The summed E-state index contributed by atoms with van der Waals surface area (Å²) in [4.78, 5) is 10.5. The quantitative estimate of drug-likeness (QED) is 0.495. The Hall–Kier alpha value is -0.370. The smallest absolute Gasteiger partial charge is 0.151 e. The standard InChI is InChI=1S/C11H18O2/c1-2-3-9-4-6-11(7-5-9)10(8-12)13-11/h8-10H,2-7H2,1H3/t9?,10-,11?/m0/s1. The Morgan fingerprint density at radius 1 is 1.46 bits per heavy atom. The normalized spacial score (nSPS) is 43.5. The molecule has 0 amide bonds. The molecule has 0 aromatic rings. The Morgan fingerprint density at radius 2 is 2.15 bits per heavy atom. The number of carbonyl (C=O) groups excluding carboxylic acids is 1. The van der Waals surface area contributed by atoms with E-state index in [1.54, 1.807) is 0 Å². The lowest BCUT2D eigenvalue weighted by molar-refractivity contribution is -0.108. The third-order valence-corrected chi connectivity index (χ3v) is 3.60. The molecule has 0 radical (unpaired) electrons. The summed E-state index contributed by atoms with van der Waals surface area (Å²) < 4.78 is 5.45. The molecule has 2 aliphatic rings. The second-order valence-corrected chi connectivity index (χ2v) is 4.47. The molecule has 1 spiro atoms. The maximum Gasteiger partial charge on any atom is 0.151 e. The van der Waals surface area contributed by atoms with Crippen LogP contribution in [0.25, 0.3) is 0 Å². The summed E-state index contributed by atoms with van der Waals surface area (Å²) in [5.41, 5.74) is 0.00594. The van der Waals surface area contributed by atoms with Crippen molar-refractivity contribution in [2.75, 3.05) is 0 Å². The molecule has 0 bridgehead atoms. The molecule has 74 valence electrons. The molecule has 1 saturated heterocycles. The van der Waals surface area contributed by atoms with Gasteiger partial charge in [0.15, 0.2) is 6.29 Å². The lowest BCUT2D eigenvalue weighted by Gasteiger charge is -2.26. The monoisotopic (exact) mass is 182 g/mol. The van der Waals surface area contributed by atoms with Crippen molar-refractivity contribution in [2.45, 2.75) is 57.2 Å². The van der Waals surface area contributed by atoms with Crippen LogP contribution in [0.5, 0.6) is 0 Å². The van der Waals surface area contributed by atoms with E-state index in [-0.39, 0.29) is 11.7 Å². The molecule has 1 saturated carbocycles. The van der Waals surface area contributed by atoms with E-state index in [2.05, 4.69) is 6.92 Å². The van der Waals surface area contributed by atoms with Crippen molar-refractivity contribution in [3.05, 3.63) is 0 Å². The topological polar surface area (TPSA) is 29.6 Å². The van der Waals surface area contributed by atoms with E-state index >= 15 is 0 Å². The van der Waals surface area contributed by atoms with E-state index in [0.29, 0.717) is 0 Å². The maximum absolute atomic E-state index is 10.5. The molecule has 2 rings (SSSR count). The first-order valence-corrected chi connectivity index (χ1v) is 5.44. The second-order valence-electron chi connectivity index (χ2n) is 4.47. The van der Waals surface area contributed by atoms with Gasteiger partial charge in [-0.15, -0.1) is 0 Å². The predicted molar refractivity (Wildman–Crippen MR) is 50.5 cm³/mol. The number of epoxide rings is 1. The van der Waals surface area contributed by atoms with Crippen molar-refractivity contribution in [2.24, 2.45) is 5.92 Å². The molecule has 0 N–H and O–H groups in total. The van der Waals surface area contributed by atoms with Gasteiger partial charge in [0, 0.05) is 0 Å². The van der Waals surface area contributed by atoms with Crippen molar-refractivity contribution in [1.82, 2.24) is 0 Å². The Morgan fingerprint density at radius 3 is 2.62 bits per heavy atom. The fraction of sp³-hybridized carbons (Fsp3) is 0.909. The highest BCUT2D eigenvalue weighted by Gasteiger charge is 2.57. The van der Waals surface area contributed by atoms with Gasteiger partial charge in [-0.25, -0.2) is 0 Å². The fourth-order valence-electron chi connectivity index (χ4n) is 2.64. The molecule has 0 unspecified atom stereocenters. The van der Waals surface area contributed by atoms with Crippen LogP contribution in [0.4, 0.5) is 0 Å². The van der Waals surface area contributed by atoms with Gasteiger partial charge in [-0.2, -0.15) is 0 Å². The van der Waals surface area contributed by atoms with Crippen molar-refractivity contribution in [3.8, 4) is 0 Å². The van der Waals surface area contributed by atoms with Gasteiger partial charge in [0.2, 0.25) is 0 Å².